The van der Waals surface area contributed by atoms with Gasteiger partial charge in [0.05, 0.1) is 28.9 Å². The predicted molar refractivity (Wildman–Crippen MR) is 594 cm³/mol. The maximum Gasteiger partial charge on any atom is 0.179 e. The van der Waals surface area contributed by atoms with E-state index in [0.717, 1.165) is 83.9 Å². The van der Waals surface area contributed by atoms with E-state index in [1.807, 2.05) is 41.0 Å². The van der Waals surface area contributed by atoms with Crippen LogP contribution in [0, 0.1) is 0 Å². The van der Waals surface area contributed by atoms with Crippen LogP contribution < -0.4 is 51.3 Å². The molecular weight excluding hydrogens is 1700 g/mol. The molecule has 0 bridgehead atoms. The SMILES string of the molecule is CC(C)(C)c1ccc(-c2ccc(N(c3ccc([Si](c4ccccc4)(c4ccccc4)c4ccccc4)cc3)c3cccc(-c4cccc5c4c4ccccc4n5-c4ccccc4)c3)cc2)c2ccccc12.[2H]c1c([2H])c([2H])c(-n2c3ccccc3c3c(-c4cccc(N(c5ccc(-c6cccc7ccccc67)cc5)c5ccc([Si](c6ccccc6)(c6ccccc6)c6ccccc6)cc5)c4)cccc32)c([2H])c1[2H]. The van der Waals surface area contributed by atoms with Crippen molar-refractivity contribution in [2.24, 2.45) is 0 Å². The zero-order valence-corrected chi connectivity index (χ0v) is 78.9. The molecule has 0 aliphatic carbocycles. The molecule has 6 heteroatoms. The van der Waals surface area contributed by atoms with Crippen LogP contribution in [0.5, 0.6) is 0 Å². The quantitative estimate of drug-likeness (QED) is 0.0559. The molecule has 0 aliphatic heterocycles. The zero-order chi connectivity index (χ0) is 96.9. The number of aromatic nitrogens is 2. The molecule has 0 saturated carbocycles. The van der Waals surface area contributed by atoms with Gasteiger partial charge < -0.3 is 18.9 Å². The summed E-state index contributed by atoms with van der Waals surface area (Å²) in [4.78, 5) is 4.76. The molecule has 4 nitrogen and oxygen atoms in total. The van der Waals surface area contributed by atoms with Gasteiger partial charge in [-0.3, -0.25) is 0 Å². The molecule has 656 valence electrons. The van der Waals surface area contributed by atoms with E-state index < -0.39 is 22.2 Å². The zero-order valence-electron chi connectivity index (χ0n) is 81.9. The monoisotopic (exact) mass is 1800 g/mol. The maximum absolute atomic E-state index is 9.00. The van der Waals surface area contributed by atoms with Gasteiger partial charge in [-0.25, -0.2) is 0 Å². The third-order valence-corrected chi connectivity index (χ3v) is 37.3. The first-order chi connectivity index (χ1) is 70.2. The lowest BCUT2D eigenvalue weighted by Gasteiger charge is -2.35. The fourth-order valence-corrected chi connectivity index (χ4v) is 31.1. The van der Waals surface area contributed by atoms with Gasteiger partial charge in [-0.2, -0.15) is 0 Å². The van der Waals surface area contributed by atoms with E-state index in [0.29, 0.717) is 0 Å². The molecule has 138 heavy (non-hydrogen) atoms. The van der Waals surface area contributed by atoms with E-state index in [2.05, 4.69) is 520 Å². The number of nitrogens with zero attached hydrogens (tertiary/aromatic N) is 4. The van der Waals surface area contributed by atoms with Crippen molar-refractivity contribution in [3.63, 3.8) is 0 Å². The van der Waals surface area contributed by atoms with Crippen molar-refractivity contribution in [1.29, 1.82) is 0 Å². The van der Waals surface area contributed by atoms with Crippen LogP contribution >= 0.6 is 0 Å². The van der Waals surface area contributed by atoms with Crippen molar-refractivity contribution in [1.82, 2.24) is 9.13 Å². The van der Waals surface area contributed by atoms with E-state index >= 15 is 0 Å². The molecule has 0 saturated heterocycles. The molecular formula is C132H100N4Si2. The predicted octanol–water partition coefficient (Wildman–Crippen LogP) is 29.5. The number of hydrogen-bond acceptors (Lipinski definition) is 2. The normalized spacial score (nSPS) is 12.2. The van der Waals surface area contributed by atoms with Crippen LogP contribution in [0.3, 0.4) is 0 Å². The molecule has 0 aliphatic rings. The average molecular weight is 1800 g/mol. The molecule has 0 amide bonds. The largest absolute Gasteiger partial charge is 0.310 e. The number of hydrogen-bond donors (Lipinski definition) is 0. The van der Waals surface area contributed by atoms with E-state index in [9.17, 15) is 0 Å². The Morgan fingerprint density at radius 2 is 0.514 bits per heavy atom. The second kappa shape index (κ2) is 36.8. The molecule has 2 aromatic heterocycles. The fourth-order valence-electron chi connectivity index (χ4n) is 21.6. The third-order valence-electron chi connectivity index (χ3n) is 27.7. The fraction of sp³-hybridized carbons (Fsp3) is 0.0303. The first kappa shape index (κ1) is 79.5. The Bertz CT molecular complexity index is 8600. The lowest BCUT2D eigenvalue weighted by Crippen LogP contribution is -2.74. The van der Waals surface area contributed by atoms with Gasteiger partial charge in [0.2, 0.25) is 0 Å². The second-order valence-electron chi connectivity index (χ2n) is 36.6. The van der Waals surface area contributed by atoms with Crippen molar-refractivity contribution < 1.29 is 6.85 Å². The van der Waals surface area contributed by atoms with Gasteiger partial charge in [0, 0.05) is 67.0 Å². The molecule has 2 heterocycles. The summed E-state index contributed by atoms with van der Waals surface area (Å²) in [5.74, 6) is 0. The van der Waals surface area contributed by atoms with Crippen molar-refractivity contribution in [2.45, 2.75) is 26.2 Å². The second-order valence-corrected chi connectivity index (χ2v) is 44.2. The Kier molecular flexibility index (Phi) is 21.2. The molecule has 0 spiro atoms. The molecule has 24 rings (SSSR count). The number of para-hydroxylation sites is 4. The van der Waals surface area contributed by atoms with Crippen LogP contribution in [0.15, 0.2) is 552 Å². The standard InChI is InChI=1S/C68H54N2Si.C64H46N2Si/c1-68(2,3)64-47-46-59(61-32-16-17-33-62(61)64)49-38-40-52(41-39-49)69(53-42-44-58(45-43-53)71(55-26-10-5-11-27-55,56-28-12-6-13-29-56)57-30-14-7-15-31-57)54-25-20-22-50(48-54)60-35-21-37-66-67(60)63-34-18-19-36-65(63)70(66)51-23-8-4-9-24-51;1-5-23-50(24-6-1)66-62-36-16-15-33-61(62)64-60(35-19-37-63(64)66)49-22-17-25-53(46-49)65(51-40-38-48(39-41-51)59-34-18-21-47-20-13-14-32-58(47)59)52-42-44-57(45-43-52)67(54-26-7-2-8-27-54,55-28-9-3-10-29-55)56-30-11-4-12-31-56/h4-48H,1-3H3;1-46H/i;1D,5D,6D,23D,24D. The highest BCUT2D eigenvalue weighted by molar-refractivity contribution is 7.20. The first-order valence-electron chi connectivity index (χ1n) is 49.9. The maximum atomic E-state index is 9.00. The van der Waals surface area contributed by atoms with Crippen LogP contribution in [-0.2, 0) is 5.41 Å². The van der Waals surface area contributed by atoms with Gasteiger partial charge in [-0.1, -0.05) is 451 Å². The average Bonchev–Trinajstić information content (AvgIpc) is 1.68. The summed E-state index contributed by atoms with van der Waals surface area (Å²) in [6.07, 6.45) is 0. The molecule has 0 atom stereocenters. The molecule has 0 radical (unpaired) electrons. The third kappa shape index (κ3) is 15.4. The Morgan fingerprint density at radius 3 is 0.928 bits per heavy atom. The highest BCUT2D eigenvalue weighted by Crippen LogP contribution is 2.47. The van der Waals surface area contributed by atoms with Gasteiger partial charge in [0.25, 0.3) is 0 Å². The van der Waals surface area contributed by atoms with Crippen LogP contribution in [0.25, 0.3) is 121 Å². The summed E-state index contributed by atoms with van der Waals surface area (Å²) in [5.41, 5.74) is 21.8. The summed E-state index contributed by atoms with van der Waals surface area (Å²) in [6, 6.07) is 188. The van der Waals surface area contributed by atoms with E-state index in [1.54, 1.807) is 0 Å². The summed E-state index contributed by atoms with van der Waals surface area (Å²) < 4.78 is 47.7. The van der Waals surface area contributed by atoms with E-state index in [4.69, 9.17) is 6.85 Å². The van der Waals surface area contributed by atoms with E-state index in [-0.39, 0.29) is 35.3 Å². The number of rotatable bonds is 20. The van der Waals surface area contributed by atoms with Crippen LogP contribution in [-0.4, -0.2) is 25.3 Å². The van der Waals surface area contributed by atoms with Gasteiger partial charge in [-0.15, -0.1) is 0 Å². The molecule has 22 aromatic carbocycles. The topological polar surface area (TPSA) is 16.3 Å². The van der Waals surface area contributed by atoms with Crippen molar-refractivity contribution in [3.05, 3.63) is 557 Å². The summed E-state index contributed by atoms with van der Waals surface area (Å²) in [6.45, 7) is 6.90. The van der Waals surface area contributed by atoms with Gasteiger partial charge in [-0.05, 0) is 240 Å². The summed E-state index contributed by atoms with van der Waals surface area (Å²) in [5, 5.41) is 19.9. The highest BCUT2D eigenvalue weighted by atomic mass is 28.3. The molecule has 0 fully saturated rings. The summed E-state index contributed by atoms with van der Waals surface area (Å²) in [7, 11) is -5.54. The number of benzene rings is 22. The molecule has 0 unspecified atom stereocenters. The van der Waals surface area contributed by atoms with Gasteiger partial charge >= 0.3 is 0 Å². The number of anilines is 6. The molecule has 0 N–H and O–H groups in total. The Morgan fingerprint density at radius 1 is 0.210 bits per heavy atom. The minimum atomic E-state index is -2.80. The highest BCUT2D eigenvalue weighted by Gasteiger charge is 2.43. The van der Waals surface area contributed by atoms with Gasteiger partial charge in [0.15, 0.2) is 16.1 Å². The molecule has 24 aromatic rings. The Labute approximate surface area is 816 Å². The lowest BCUT2D eigenvalue weighted by atomic mass is 9.82. The minimum Gasteiger partial charge on any atom is -0.310 e. The Hall–Kier alpha value is -17.0. The number of fused-ring (bicyclic) bond motifs is 8. The van der Waals surface area contributed by atoms with Crippen molar-refractivity contribution in [2.75, 3.05) is 9.80 Å². The van der Waals surface area contributed by atoms with Crippen LogP contribution in [0.2, 0.25) is 0 Å². The van der Waals surface area contributed by atoms with Crippen molar-refractivity contribution in [3.8, 4) is 55.9 Å². The summed E-state index contributed by atoms with van der Waals surface area (Å²) >= 11 is 0. The van der Waals surface area contributed by atoms with E-state index in [1.165, 1.54) is 113 Å². The first-order valence-corrected chi connectivity index (χ1v) is 51.4. The van der Waals surface area contributed by atoms with Crippen molar-refractivity contribution >= 4 is 157 Å². The minimum absolute atomic E-state index is 0.0303. The van der Waals surface area contributed by atoms with Gasteiger partial charge in [0.1, 0.15) is 0 Å². The Balaban J connectivity index is 0.000000159. The van der Waals surface area contributed by atoms with Crippen LogP contribution in [0.4, 0.5) is 34.1 Å². The van der Waals surface area contributed by atoms with Crippen LogP contribution in [0.1, 0.15) is 33.2 Å². The lowest BCUT2D eigenvalue weighted by molar-refractivity contribution is 0.596. The smallest absolute Gasteiger partial charge is 0.179 e.